The molecule has 1 amide bonds. The van der Waals surface area contributed by atoms with E-state index in [2.05, 4.69) is 0 Å². The summed E-state index contributed by atoms with van der Waals surface area (Å²) < 4.78 is 5.11. The quantitative estimate of drug-likeness (QED) is 0.682. The molecule has 1 rings (SSSR count). The minimum Gasteiger partial charge on any atom is -0.481 e. The Kier molecular flexibility index (Phi) is 5.25. The van der Waals surface area contributed by atoms with Crippen molar-refractivity contribution < 1.29 is 19.4 Å². The molecule has 0 bridgehead atoms. The van der Waals surface area contributed by atoms with Gasteiger partial charge in [-0.05, 0) is 19.3 Å². The third kappa shape index (κ3) is 4.18. The zero-order chi connectivity index (χ0) is 12.0. The first-order valence-corrected chi connectivity index (χ1v) is 5.70. The lowest BCUT2D eigenvalue weighted by molar-refractivity contribution is -0.138. The van der Waals surface area contributed by atoms with Crippen LogP contribution < -0.4 is 0 Å². The van der Waals surface area contributed by atoms with E-state index in [1.807, 2.05) is 6.92 Å². The summed E-state index contributed by atoms with van der Waals surface area (Å²) in [5, 5.41) is 8.65. The van der Waals surface area contributed by atoms with Crippen molar-refractivity contribution in [3.8, 4) is 0 Å². The summed E-state index contributed by atoms with van der Waals surface area (Å²) in [7, 11) is 0. The molecule has 1 heterocycles. The van der Waals surface area contributed by atoms with Crippen LogP contribution >= 0.6 is 0 Å². The predicted molar refractivity (Wildman–Crippen MR) is 58.0 cm³/mol. The van der Waals surface area contributed by atoms with Crippen LogP contribution in [0.1, 0.15) is 26.2 Å². The fraction of sp³-hybridized carbons (Fsp3) is 0.818. The third-order valence-corrected chi connectivity index (χ3v) is 2.77. The van der Waals surface area contributed by atoms with Crippen molar-refractivity contribution in [2.24, 2.45) is 5.92 Å². The molecular weight excluding hydrogens is 210 g/mol. The monoisotopic (exact) mass is 229 g/mol. The Bertz CT molecular complexity index is 254. The van der Waals surface area contributed by atoms with Gasteiger partial charge in [-0.2, -0.15) is 0 Å². The SMILES string of the molecule is CCOCCC(=O)N1CCC(CC(=O)O)C1. The number of ether oxygens (including phenoxy) is 1. The minimum atomic E-state index is -0.784. The molecule has 1 fully saturated rings. The molecule has 0 aromatic rings. The maximum absolute atomic E-state index is 11.6. The van der Waals surface area contributed by atoms with E-state index in [1.165, 1.54) is 0 Å². The maximum atomic E-state index is 11.6. The number of aliphatic carboxylic acids is 1. The highest BCUT2D eigenvalue weighted by Gasteiger charge is 2.27. The molecule has 1 saturated heterocycles. The number of likely N-dealkylation sites (tertiary alicyclic amines) is 1. The van der Waals surface area contributed by atoms with Crippen LogP contribution in [-0.4, -0.2) is 48.2 Å². The van der Waals surface area contributed by atoms with Crippen LogP contribution in [0.2, 0.25) is 0 Å². The number of carbonyl (C=O) groups is 2. The largest absolute Gasteiger partial charge is 0.481 e. The summed E-state index contributed by atoms with van der Waals surface area (Å²) >= 11 is 0. The number of amides is 1. The van der Waals surface area contributed by atoms with E-state index in [1.54, 1.807) is 4.90 Å². The van der Waals surface area contributed by atoms with Crippen molar-refractivity contribution in [2.75, 3.05) is 26.3 Å². The highest BCUT2D eigenvalue weighted by molar-refractivity contribution is 5.76. The predicted octanol–water partition coefficient (Wildman–Crippen LogP) is 0.736. The second kappa shape index (κ2) is 6.48. The van der Waals surface area contributed by atoms with Crippen molar-refractivity contribution in [1.29, 1.82) is 0 Å². The zero-order valence-electron chi connectivity index (χ0n) is 9.65. The normalized spacial score (nSPS) is 20.1. The molecule has 0 aromatic carbocycles. The Morgan fingerprint density at radius 1 is 1.50 bits per heavy atom. The molecule has 1 aliphatic heterocycles. The molecule has 0 aliphatic carbocycles. The van der Waals surface area contributed by atoms with E-state index in [0.29, 0.717) is 32.7 Å². The lowest BCUT2D eigenvalue weighted by Gasteiger charge is -2.15. The van der Waals surface area contributed by atoms with Gasteiger partial charge in [0.2, 0.25) is 5.91 Å². The van der Waals surface area contributed by atoms with E-state index in [4.69, 9.17) is 9.84 Å². The van der Waals surface area contributed by atoms with Crippen LogP contribution in [0, 0.1) is 5.92 Å². The summed E-state index contributed by atoms with van der Waals surface area (Å²) in [6, 6.07) is 0. The molecule has 0 saturated carbocycles. The smallest absolute Gasteiger partial charge is 0.303 e. The first kappa shape index (κ1) is 13.0. The van der Waals surface area contributed by atoms with E-state index in [-0.39, 0.29) is 18.2 Å². The molecule has 5 nitrogen and oxygen atoms in total. The Morgan fingerprint density at radius 3 is 2.88 bits per heavy atom. The molecule has 0 spiro atoms. The number of hydrogen-bond acceptors (Lipinski definition) is 3. The first-order valence-electron chi connectivity index (χ1n) is 5.70. The lowest BCUT2D eigenvalue weighted by Crippen LogP contribution is -2.29. The van der Waals surface area contributed by atoms with Crippen LogP contribution in [0.5, 0.6) is 0 Å². The van der Waals surface area contributed by atoms with Gasteiger partial charge in [-0.25, -0.2) is 0 Å². The molecule has 1 N–H and O–H groups in total. The minimum absolute atomic E-state index is 0.0707. The van der Waals surface area contributed by atoms with Crippen molar-refractivity contribution in [2.45, 2.75) is 26.2 Å². The molecule has 92 valence electrons. The van der Waals surface area contributed by atoms with Crippen molar-refractivity contribution in [3.05, 3.63) is 0 Å². The number of rotatable bonds is 6. The van der Waals surface area contributed by atoms with Crippen LogP contribution in [0.15, 0.2) is 0 Å². The van der Waals surface area contributed by atoms with Crippen molar-refractivity contribution in [3.63, 3.8) is 0 Å². The molecular formula is C11H19NO4. The number of hydrogen-bond donors (Lipinski definition) is 1. The second-order valence-electron chi connectivity index (χ2n) is 4.04. The maximum Gasteiger partial charge on any atom is 0.303 e. The molecule has 1 unspecified atom stereocenters. The third-order valence-electron chi connectivity index (χ3n) is 2.77. The van der Waals surface area contributed by atoms with E-state index >= 15 is 0 Å². The Morgan fingerprint density at radius 2 is 2.25 bits per heavy atom. The van der Waals surface area contributed by atoms with E-state index in [9.17, 15) is 9.59 Å². The number of carboxylic acid groups (broad SMARTS) is 1. The molecule has 5 heteroatoms. The molecule has 0 radical (unpaired) electrons. The van der Waals surface area contributed by atoms with Crippen molar-refractivity contribution >= 4 is 11.9 Å². The van der Waals surface area contributed by atoms with E-state index in [0.717, 1.165) is 6.42 Å². The van der Waals surface area contributed by atoms with Crippen LogP contribution in [0.25, 0.3) is 0 Å². The van der Waals surface area contributed by atoms with Gasteiger partial charge in [0.05, 0.1) is 13.0 Å². The highest BCUT2D eigenvalue weighted by atomic mass is 16.5. The Balaban J connectivity index is 2.24. The Hall–Kier alpha value is -1.10. The van der Waals surface area contributed by atoms with Gasteiger partial charge in [-0.1, -0.05) is 0 Å². The number of carboxylic acids is 1. The van der Waals surface area contributed by atoms with E-state index < -0.39 is 5.97 Å². The first-order chi connectivity index (χ1) is 7.63. The topological polar surface area (TPSA) is 66.8 Å². The molecule has 16 heavy (non-hydrogen) atoms. The van der Waals surface area contributed by atoms with Gasteiger partial charge in [0, 0.05) is 26.1 Å². The van der Waals surface area contributed by atoms with Gasteiger partial charge in [0.15, 0.2) is 0 Å². The van der Waals surface area contributed by atoms with Gasteiger partial charge in [0.1, 0.15) is 0 Å². The molecule has 0 aromatic heterocycles. The zero-order valence-corrected chi connectivity index (χ0v) is 9.65. The average Bonchev–Trinajstić information content (AvgIpc) is 2.65. The molecule has 1 atom stereocenters. The van der Waals surface area contributed by atoms with Crippen LogP contribution in [0.3, 0.4) is 0 Å². The van der Waals surface area contributed by atoms with Crippen molar-refractivity contribution in [1.82, 2.24) is 4.90 Å². The summed E-state index contributed by atoms with van der Waals surface area (Å²) in [4.78, 5) is 23.9. The standard InChI is InChI=1S/C11H19NO4/c1-2-16-6-4-10(13)12-5-3-9(8-12)7-11(14)15/h9H,2-8H2,1H3,(H,14,15). The summed E-state index contributed by atoms with van der Waals surface area (Å²) in [5.41, 5.74) is 0. The molecule has 1 aliphatic rings. The summed E-state index contributed by atoms with van der Waals surface area (Å²) in [6.07, 6.45) is 1.36. The lowest BCUT2D eigenvalue weighted by atomic mass is 10.1. The Labute approximate surface area is 95.4 Å². The summed E-state index contributed by atoms with van der Waals surface area (Å²) in [5.74, 6) is -0.594. The van der Waals surface area contributed by atoms with Crippen LogP contribution in [0.4, 0.5) is 0 Å². The number of carbonyl (C=O) groups excluding carboxylic acids is 1. The summed E-state index contributed by atoms with van der Waals surface area (Å²) in [6.45, 7) is 4.23. The fourth-order valence-electron chi connectivity index (χ4n) is 1.93. The second-order valence-corrected chi connectivity index (χ2v) is 4.04. The highest BCUT2D eigenvalue weighted by Crippen LogP contribution is 2.20. The van der Waals surface area contributed by atoms with Gasteiger partial charge in [-0.15, -0.1) is 0 Å². The van der Waals surface area contributed by atoms with Gasteiger partial charge in [0.25, 0.3) is 0 Å². The average molecular weight is 229 g/mol. The van der Waals surface area contributed by atoms with Gasteiger partial charge in [-0.3, -0.25) is 9.59 Å². The van der Waals surface area contributed by atoms with Gasteiger partial charge >= 0.3 is 5.97 Å². The van der Waals surface area contributed by atoms with Gasteiger partial charge < -0.3 is 14.7 Å². The van der Waals surface area contributed by atoms with Crippen LogP contribution in [-0.2, 0) is 14.3 Å². The number of nitrogens with zero attached hydrogens (tertiary/aromatic N) is 1. The fourth-order valence-corrected chi connectivity index (χ4v) is 1.93.